The van der Waals surface area contributed by atoms with E-state index in [1.165, 1.54) is 47.1 Å². The van der Waals surface area contributed by atoms with E-state index >= 15 is 0 Å². The van der Waals surface area contributed by atoms with Crippen LogP contribution in [0.3, 0.4) is 0 Å². The first-order chi connectivity index (χ1) is 16.2. The van der Waals surface area contributed by atoms with Gasteiger partial charge in [0.15, 0.2) is 10.9 Å². The lowest BCUT2D eigenvalue weighted by Crippen LogP contribution is -2.10. The Labute approximate surface area is 197 Å². The number of benzene rings is 2. The van der Waals surface area contributed by atoms with E-state index < -0.39 is 0 Å². The van der Waals surface area contributed by atoms with Gasteiger partial charge in [-0.05, 0) is 54.5 Å². The summed E-state index contributed by atoms with van der Waals surface area (Å²) in [6.45, 7) is 0. The van der Waals surface area contributed by atoms with Gasteiger partial charge in [-0.2, -0.15) is 0 Å². The molecule has 2 aromatic carbocycles. The molecule has 6 rings (SSSR count). The predicted octanol–water partition coefficient (Wildman–Crippen LogP) is 6.25. The maximum atomic E-state index is 13.0. The Morgan fingerprint density at radius 2 is 1.94 bits per heavy atom. The van der Waals surface area contributed by atoms with Crippen LogP contribution >= 0.6 is 23.1 Å². The van der Waals surface area contributed by atoms with Crippen molar-refractivity contribution in [3.05, 3.63) is 81.2 Å². The molecule has 1 N–H and O–H groups in total. The summed E-state index contributed by atoms with van der Waals surface area (Å²) in [7, 11) is 0. The zero-order valence-electron chi connectivity index (χ0n) is 17.7. The van der Waals surface area contributed by atoms with Crippen molar-refractivity contribution in [2.75, 3.05) is 5.75 Å². The van der Waals surface area contributed by atoms with Crippen LogP contribution in [0, 0.1) is 0 Å². The Balaban J connectivity index is 1.26. The first-order valence-electron chi connectivity index (χ1n) is 10.9. The molecule has 1 aliphatic rings. The van der Waals surface area contributed by atoms with Gasteiger partial charge in [0.2, 0.25) is 5.78 Å². The van der Waals surface area contributed by atoms with Crippen LogP contribution in [0.5, 0.6) is 0 Å². The number of aryl methyl sites for hydroxylation is 2. The summed E-state index contributed by atoms with van der Waals surface area (Å²) in [6, 6.07) is 15.8. The summed E-state index contributed by atoms with van der Waals surface area (Å²) in [5.41, 5.74) is 5.31. The third-order valence-corrected chi connectivity index (χ3v) is 7.87. The first kappa shape index (κ1) is 20.4. The minimum absolute atomic E-state index is 0.136. The molecule has 0 unspecified atom stereocenters. The van der Waals surface area contributed by atoms with Crippen molar-refractivity contribution in [2.45, 2.75) is 30.8 Å². The molecule has 0 bridgehead atoms. The molecule has 3 aromatic heterocycles. The molecular weight excluding hydrogens is 452 g/mol. The van der Waals surface area contributed by atoms with E-state index in [9.17, 15) is 9.59 Å². The van der Waals surface area contributed by atoms with Crippen molar-refractivity contribution in [2.24, 2.45) is 0 Å². The predicted molar refractivity (Wildman–Crippen MR) is 134 cm³/mol. The van der Waals surface area contributed by atoms with E-state index in [1.807, 2.05) is 29.6 Å². The zero-order valence-corrected chi connectivity index (χ0v) is 19.4. The molecule has 0 saturated carbocycles. The van der Waals surface area contributed by atoms with Gasteiger partial charge in [0.1, 0.15) is 10.4 Å². The van der Waals surface area contributed by atoms with Gasteiger partial charge in [-0.1, -0.05) is 48.2 Å². The van der Waals surface area contributed by atoms with Crippen molar-refractivity contribution in [1.82, 2.24) is 9.97 Å². The average molecular weight is 473 g/mol. The van der Waals surface area contributed by atoms with Crippen LogP contribution in [0.15, 0.2) is 68.3 Å². The average Bonchev–Trinajstić information content (AvgIpc) is 3.47. The molecule has 0 aliphatic heterocycles. The summed E-state index contributed by atoms with van der Waals surface area (Å²) in [6.07, 6.45) is 4.70. The first-order valence-corrected chi connectivity index (χ1v) is 12.8. The number of carbonyl (C=O) groups excluding carboxylic acids is 1. The summed E-state index contributed by atoms with van der Waals surface area (Å²) >= 11 is 2.68. The minimum Gasteiger partial charge on any atom is -0.453 e. The number of fused-ring (bicyclic) bond motifs is 3. The number of thiophene rings is 1. The van der Waals surface area contributed by atoms with Crippen LogP contribution in [0.2, 0.25) is 0 Å². The Morgan fingerprint density at radius 3 is 2.82 bits per heavy atom. The van der Waals surface area contributed by atoms with Crippen molar-refractivity contribution < 1.29 is 9.21 Å². The van der Waals surface area contributed by atoms with Crippen LogP contribution in [0.4, 0.5) is 0 Å². The number of hydrogen-bond donors (Lipinski definition) is 1. The Bertz CT molecular complexity index is 1540. The largest absolute Gasteiger partial charge is 0.453 e. The Kier molecular flexibility index (Phi) is 5.15. The molecule has 164 valence electrons. The van der Waals surface area contributed by atoms with Crippen molar-refractivity contribution in [3.8, 4) is 11.1 Å². The number of furan rings is 1. The van der Waals surface area contributed by atoms with Crippen LogP contribution in [-0.4, -0.2) is 21.5 Å². The maximum absolute atomic E-state index is 13.0. The van der Waals surface area contributed by atoms with Crippen molar-refractivity contribution >= 4 is 50.1 Å². The smallest absolute Gasteiger partial charge is 0.260 e. The van der Waals surface area contributed by atoms with E-state index in [0.29, 0.717) is 26.7 Å². The summed E-state index contributed by atoms with van der Waals surface area (Å²) in [5, 5.41) is 3.96. The highest BCUT2D eigenvalue weighted by atomic mass is 32.2. The lowest BCUT2D eigenvalue weighted by molar-refractivity contribution is 0.0994. The molecule has 0 amide bonds. The molecule has 33 heavy (non-hydrogen) atoms. The molecule has 0 saturated heterocycles. The molecule has 0 spiro atoms. The number of rotatable bonds is 5. The number of hydrogen-bond acceptors (Lipinski definition) is 6. The quantitative estimate of drug-likeness (QED) is 0.186. The number of thioether (sulfide) groups is 1. The fraction of sp³-hybridized carbons (Fsp3) is 0.192. The summed E-state index contributed by atoms with van der Waals surface area (Å²) in [5.74, 6) is 0.315. The number of nitrogens with zero attached hydrogens (tertiary/aromatic N) is 1. The van der Waals surface area contributed by atoms with Gasteiger partial charge >= 0.3 is 0 Å². The van der Waals surface area contributed by atoms with Gasteiger partial charge in [0, 0.05) is 16.3 Å². The standard InChI is InChI=1S/C26H20N2O3S2/c29-20(22-12-18-7-3-4-8-21(18)31-22)14-33-26-27-24(30)23-19(13-32-25(23)28-26)17-10-9-15-5-1-2-6-16(15)11-17/h3-4,7-13H,1-2,5-6,14H2,(H,27,28,30). The fourth-order valence-electron chi connectivity index (χ4n) is 4.44. The second-order valence-corrected chi connectivity index (χ2v) is 10.1. The molecule has 5 nitrogen and oxygen atoms in total. The second-order valence-electron chi connectivity index (χ2n) is 8.25. The fourth-order valence-corrected chi connectivity index (χ4v) is 6.17. The van der Waals surface area contributed by atoms with Gasteiger partial charge in [0.25, 0.3) is 5.56 Å². The Hall–Kier alpha value is -3.16. The second kappa shape index (κ2) is 8.32. The monoisotopic (exact) mass is 472 g/mol. The SMILES string of the molecule is O=C(CSc1nc2scc(-c3ccc4c(c3)CCCC4)c2c(=O)[nH]1)c1cc2ccccc2o1. The van der Waals surface area contributed by atoms with E-state index in [2.05, 4.69) is 28.2 Å². The number of Topliss-reactive ketones (excluding diaryl/α,β-unsaturated/α-hetero) is 1. The van der Waals surface area contributed by atoms with E-state index in [1.54, 1.807) is 6.07 Å². The molecule has 0 atom stereocenters. The van der Waals surface area contributed by atoms with Crippen LogP contribution in [0.1, 0.15) is 34.5 Å². The van der Waals surface area contributed by atoms with Gasteiger partial charge in [-0.25, -0.2) is 4.98 Å². The summed E-state index contributed by atoms with van der Waals surface area (Å²) in [4.78, 5) is 33.7. The minimum atomic E-state index is -0.173. The Morgan fingerprint density at radius 1 is 1.09 bits per heavy atom. The molecule has 7 heteroatoms. The lowest BCUT2D eigenvalue weighted by Gasteiger charge is -2.16. The molecule has 0 fully saturated rings. The number of aromatic amines is 1. The van der Waals surface area contributed by atoms with Crippen molar-refractivity contribution in [1.29, 1.82) is 0 Å². The number of carbonyl (C=O) groups is 1. The molecule has 3 heterocycles. The third kappa shape index (κ3) is 3.81. The highest BCUT2D eigenvalue weighted by Gasteiger charge is 2.17. The van der Waals surface area contributed by atoms with Gasteiger partial charge in [-0.3, -0.25) is 9.59 Å². The normalized spacial score (nSPS) is 13.5. The topological polar surface area (TPSA) is 76.0 Å². The van der Waals surface area contributed by atoms with E-state index in [4.69, 9.17) is 4.42 Å². The number of aromatic nitrogens is 2. The molecular formula is C26H20N2O3S2. The van der Waals surface area contributed by atoms with Crippen LogP contribution < -0.4 is 5.56 Å². The lowest BCUT2D eigenvalue weighted by atomic mass is 9.89. The highest BCUT2D eigenvalue weighted by molar-refractivity contribution is 7.99. The number of para-hydroxylation sites is 1. The van der Waals surface area contributed by atoms with E-state index in [0.717, 1.165) is 29.4 Å². The molecule has 0 radical (unpaired) electrons. The zero-order chi connectivity index (χ0) is 22.4. The van der Waals surface area contributed by atoms with Crippen LogP contribution in [-0.2, 0) is 12.8 Å². The maximum Gasteiger partial charge on any atom is 0.260 e. The number of nitrogens with one attached hydrogen (secondary N) is 1. The highest BCUT2D eigenvalue weighted by Crippen LogP contribution is 2.34. The third-order valence-electron chi connectivity index (χ3n) is 6.12. The summed E-state index contributed by atoms with van der Waals surface area (Å²) < 4.78 is 5.65. The van der Waals surface area contributed by atoms with Crippen molar-refractivity contribution in [3.63, 3.8) is 0 Å². The molecule has 5 aromatic rings. The number of ketones is 1. The van der Waals surface area contributed by atoms with Gasteiger partial charge < -0.3 is 9.40 Å². The van der Waals surface area contributed by atoms with Crippen LogP contribution in [0.25, 0.3) is 32.3 Å². The van der Waals surface area contributed by atoms with Gasteiger partial charge in [0.05, 0.1) is 11.1 Å². The molecule has 1 aliphatic carbocycles. The van der Waals surface area contributed by atoms with E-state index in [-0.39, 0.29) is 17.1 Å². The number of H-pyrrole nitrogens is 1. The van der Waals surface area contributed by atoms with Gasteiger partial charge in [-0.15, -0.1) is 11.3 Å².